The van der Waals surface area contributed by atoms with Crippen molar-refractivity contribution in [2.75, 3.05) is 19.1 Å². The molecule has 33 heavy (non-hydrogen) atoms. The van der Waals surface area contributed by atoms with Crippen LogP contribution >= 0.6 is 0 Å². The molecule has 0 saturated carbocycles. The second-order valence-corrected chi connectivity index (χ2v) is 8.08. The Morgan fingerprint density at radius 3 is 2.36 bits per heavy atom. The molecule has 0 atom stereocenters. The quantitative estimate of drug-likeness (QED) is 0.394. The third-order valence-corrected chi connectivity index (χ3v) is 6.03. The van der Waals surface area contributed by atoms with Crippen LogP contribution < -0.4 is 4.90 Å². The van der Waals surface area contributed by atoms with E-state index in [1.807, 2.05) is 79.2 Å². The van der Waals surface area contributed by atoms with Crippen LogP contribution in [-0.2, 0) is 16.0 Å². The number of carbonyl (C=O) groups is 2. The van der Waals surface area contributed by atoms with E-state index in [-0.39, 0.29) is 11.9 Å². The van der Waals surface area contributed by atoms with Gasteiger partial charge in [0.2, 0.25) is 0 Å². The van der Waals surface area contributed by atoms with Gasteiger partial charge in [-0.05, 0) is 73.0 Å². The van der Waals surface area contributed by atoms with Crippen LogP contribution in [0.25, 0.3) is 16.5 Å². The molecule has 0 saturated heterocycles. The molecule has 4 rings (SSSR count). The molecule has 1 amide bonds. The third kappa shape index (κ3) is 4.51. The summed E-state index contributed by atoms with van der Waals surface area (Å²) < 4.78 is 6.60. The molecule has 0 aliphatic rings. The normalized spacial score (nSPS) is 10.9. The molecule has 0 unspecified atom stereocenters. The monoisotopic (exact) mass is 441 g/mol. The summed E-state index contributed by atoms with van der Waals surface area (Å²) in [6.45, 7) is 3.92. The average molecular weight is 442 g/mol. The molecule has 6 nitrogen and oxygen atoms in total. The van der Waals surface area contributed by atoms with Crippen LogP contribution in [0.4, 0.5) is 5.69 Å². The van der Waals surface area contributed by atoms with E-state index in [9.17, 15) is 9.59 Å². The minimum absolute atomic E-state index is 0.0797. The van der Waals surface area contributed by atoms with Gasteiger partial charge in [-0.15, -0.1) is 0 Å². The van der Waals surface area contributed by atoms with Crippen LogP contribution in [-0.4, -0.2) is 35.8 Å². The van der Waals surface area contributed by atoms with Gasteiger partial charge in [-0.1, -0.05) is 30.3 Å². The van der Waals surface area contributed by atoms with E-state index >= 15 is 0 Å². The van der Waals surface area contributed by atoms with E-state index in [1.54, 1.807) is 11.9 Å². The zero-order valence-electron chi connectivity index (χ0n) is 19.3. The summed E-state index contributed by atoms with van der Waals surface area (Å²) in [6, 6.07) is 21.5. The highest BCUT2D eigenvalue weighted by molar-refractivity contribution is 6.06. The second kappa shape index (κ2) is 9.28. The number of carbonyl (C=O) groups excluding carboxylic acids is 2. The summed E-state index contributed by atoms with van der Waals surface area (Å²) >= 11 is 0. The molecule has 0 spiro atoms. The molecule has 1 aromatic heterocycles. The molecule has 0 radical (unpaired) electrons. The minimum atomic E-state index is -0.236. The topological polar surface area (TPSA) is 64.4 Å². The number of methoxy groups -OCH3 is 1. The zero-order chi connectivity index (χ0) is 23.5. The number of fused-ring (bicyclic) bond motifs is 1. The Balaban J connectivity index is 1.54. The van der Waals surface area contributed by atoms with Crippen LogP contribution in [0.15, 0.2) is 66.7 Å². The fourth-order valence-corrected chi connectivity index (χ4v) is 4.06. The van der Waals surface area contributed by atoms with Gasteiger partial charge in [-0.2, -0.15) is 5.10 Å². The van der Waals surface area contributed by atoms with E-state index in [1.165, 1.54) is 7.11 Å². The van der Waals surface area contributed by atoms with Gasteiger partial charge < -0.3 is 9.64 Å². The van der Waals surface area contributed by atoms with Gasteiger partial charge in [-0.25, -0.2) is 4.68 Å². The lowest BCUT2D eigenvalue weighted by atomic mass is 10.1. The Morgan fingerprint density at radius 2 is 1.67 bits per heavy atom. The number of anilines is 1. The molecule has 0 bridgehead atoms. The highest BCUT2D eigenvalue weighted by Gasteiger charge is 2.17. The molecule has 1 heterocycles. The smallest absolute Gasteiger partial charge is 0.305 e. The van der Waals surface area contributed by atoms with Crippen molar-refractivity contribution in [2.45, 2.75) is 26.7 Å². The number of rotatable bonds is 6. The summed E-state index contributed by atoms with van der Waals surface area (Å²) in [4.78, 5) is 26.3. The SMILES string of the molecule is COC(=O)CCc1c(C)nn(-c2ccc(C(=O)N(C)c3ccc4ccccc4c3)cc2)c1C. The van der Waals surface area contributed by atoms with Gasteiger partial charge in [0.25, 0.3) is 5.91 Å². The predicted molar refractivity (Wildman–Crippen MR) is 130 cm³/mol. The average Bonchev–Trinajstić information content (AvgIpc) is 3.14. The first-order valence-electron chi connectivity index (χ1n) is 10.9. The highest BCUT2D eigenvalue weighted by Crippen LogP contribution is 2.24. The summed E-state index contributed by atoms with van der Waals surface area (Å²) in [5.41, 5.74) is 5.20. The van der Waals surface area contributed by atoms with Crippen molar-refractivity contribution < 1.29 is 14.3 Å². The number of nitrogens with zero attached hydrogens (tertiary/aromatic N) is 3. The predicted octanol–water partition coefficient (Wildman–Crippen LogP) is 5.02. The van der Waals surface area contributed by atoms with Crippen LogP contribution in [0.1, 0.15) is 33.7 Å². The summed E-state index contributed by atoms with van der Waals surface area (Å²) in [5.74, 6) is -0.316. The van der Waals surface area contributed by atoms with Crippen molar-refractivity contribution in [1.29, 1.82) is 0 Å². The van der Waals surface area contributed by atoms with Crippen LogP contribution in [0.2, 0.25) is 0 Å². The summed E-state index contributed by atoms with van der Waals surface area (Å²) in [6.07, 6.45) is 0.899. The molecule has 0 fully saturated rings. The molecular weight excluding hydrogens is 414 g/mol. The maximum Gasteiger partial charge on any atom is 0.305 e. The number of aromatic nitrogens is 2. The first-order chi connectivity index (χ1) is 15.9. The Labute approximate surface area is 193 Å². The van der Waals surface area contributed by atoms with E-state index < -0.39 is 0 Å². The van der Waals surface area contributed by atoms with Crippen molar-refractivity contribution in [3.63, 3.8) is 0 Å². The summed E-state index contributed by atoms with van der Waals surface area (Å²) in [7, 11) is 3.18. The van der Waals surface area contributed by atoms with Crippen molar-refractivity contribution in [2.24, 2.45) is 0 Å². The van der Waals surface area contributed by atoms with E-state index in [0.29, 0.717) is 18.4 Å². The number of benzene rings is 3. The van der Waals surface area contributed by atoms with Crippen molar-refractivity contribution in [3.8, 4) is 5.69 Å². The maximum atomic E-state index is 13.1. The van der Waals surface area contributed by atoms with Crippen LogP contribution in [0.5, 0.6) is 0 Å². The van der Waals surface area contributed by atoms with Gasteiger partial charge in [0.05, 0.1) is 18.5 Å². The largest absolute Gasteiger partial charge is 0.469 e. The van der Waals surface area contributed by atoms with Crippen molar-refractivity contribution in [3.05, 3.63) is 89.2 Å². The van der Waals surface area contributed by atoms with Crippen molar-refractivity contribution >= 4 is 28.3 Å². The zero-order valence-corrected chi connectivity index (χ0v) is 19.3. The number of esters is 1. The fourth-order valence-electron chi connectivity index (χ4n) is 4.06. The first-order valence-corrected chi connectivity index (χ1v) is 10.9. The number of amides is 1. The molecule has 0 N–H and O–H groups in total. The highest BCUT2D eigenvalue weighted by atomic mass is 16.5. The number of hydrogen-bond donors (Lipinski definition) is 0. The van der Waals surface area contributed by atoms with E-state index in [2.05, 4.69) is 11.2 Å². The number of aryl methyl sites for hydroxylation is 1. The lowest BCUT2D eigenvalue weighted by Gasteiger charge is -2.18. The van der Waals surface area contributed by atoms with E-state index in [0.717, 1.165) is 39.1 Å². The van der Waals surface area contributed by atoms with Gasteiger partial charge in [0.15, 0.2) is 0 Å². The standard InChI is InChI=1S/C27H27N3O3/c1-18-25(15-16-26(31)33-4)19(2)30(28-18)23-12-10-21(11-13-23)27(32)29(3)24-14-9-20-7-5-6-8-22(20)17-24/h5-14,17H,15-16H2,1-4H3. The molecule has 0 aliphatic carbocycles. The molecule has 4 aromatic rings. The Bertz CT molecular complexity index is 1320. The van der Waals surface area contributed by atoms with Gasteiger partial charge in [0, 0.05) is 30.4 Å². The fraction of sp³-hybridized carbons (Fsp3) is 0.222. The lowest BCUT2D eigenvalue weighted by Crippen LogP contribution is -2.26. The lowest BCUT2D eigenvalue weighted by molar-refractivity contribution is -0.140. The van der Waals surface area contributed by atoms with Crippen LogP contribution in [0, 0.1) is 13.8 Å². The minimum Gasteiger partial charge on any atom is -0.469 e. The summed E-state index contributed by atoms with van der Waals surface area (Å²) in [5, 5.41) is 6.88. The Kier molecular flexibility index (Phi) is 6.27. The molecule has 3 aromatic carbocycles. The van der Waals surface area contributed by atoms with Gasteiger partial charge >= 0.3 is 5.97 Å². The van der Waals surface area contributed by atoms with E-state index in [4.69, 9.17) is 4.74 Å². The van der Waals surface area contributed by atoms with Crippen molar-refractivity contribution in [1.82, 2.24) is 9.78 Å². The number of hydrogen-bond acceptors (Lipinski definition) is 4. The van der Waals surface area contributed by atoms with Gasteiger partial charge in [-0.3, -0.25) is 9.59 Å². The Morgan fingerprint density at radius 1 is 0.970 bits per heavy atom. The molecule has 0 aliphatic heterocycles. The second-order valence-electron chi connectivity index (χ2n) is 8.08. The van der Waals surface area contributed by atoms with Gasteiger partial charge in [0.1, 0.15) is 0 Å². The Hall–Kier alpha value is -3.93. The first kappa shape index (κ1) is 22.3. The third-order valence-electron chi connectivity index (χ3n) is 6.03. The molecular formula is C27H27N3O3. The number of ether oxygens (including phenoxy) is 1. The maximum absolute atomic E-state index is 13.1. The molecule has 168 valence electrons. The molecule has 6 heteroatoms. The van der Waals surface area contributed by atoms with Crippen LogP contribution in [0.3, 0.4) is 0 Å².